The summed E-state index contributed by atoms with van der Waals surface area (Å²) in [6.45, 7) is 5.19. The minimum absolute atomic E-state index is 1.01. The first-order valence-corrected chi connectivity index (χ1v) is 5.27. The van der Waals surface area contributed by atoms with Crippen molar-refractivity contribution in [1.82, 2.24) is 9.55 Å². The van der Waals surface area contributed by atoms with E-state index in [1.165, 1.54) is 11.2 Å². The van der Waals surface area contributed by atoms with Crippen LogP contribution in [0.2, 0.25) is 0 Å². The molecule has 0 spiro atoms. The fourth-order valence-electron chi connectivity index (χ4n) is 1.73. The van der Waals surface area contributed by atoms with E-state index in [0.717, 1.165) is 17.9 Å². The molecule has 0 radical (unpaired) electrons. The highest BCUT2D eigenvalue weighted by atomic mass is 15.1. The van der Waals surface area contributed by atoms with Crippen LogP contribution in [0.15, 0.2) is 18.2 Å². The first-order valence-electron chi connectivity index (χ1n) is 5.27. The number of anilines is 1. The lowest BCUT2D eigenvalue weighted by Crippen LogP contribution is -2.15. The van der Waals surface area contributed by atoms with Crippen molar-refractivity contribution in [3.63, 3.8) is 0 Å². The summed E-state index contributed by atoms with van der Waals surface area (Å²) in [6.07, 6.45) is 0. The van der Waals surface area contributed by atoms with E-state index < -0.39 is 0 Å². The lowest BCUT2D eigenvalue weighted by molar-refractivity contribution is 0.886. The van der Waals surface area contributed by atoms with Crippen LogP contribution in [0.3, 0.4) is 0 Å². The minimum Gasteiger partial charge on any atom is -0.375 e. The molecule has 1 aromatic carbocycles. The highest BCUT2D eigenvalue weighted by Gasteiger charge is 2.05. The van der Waals surface area contributed by atoms with Crippen molar-refractivity contribution < 1.29 is 0 Å². The van der Waals surface area contributed by atoms with E-state index in [2.05, 4.69) is 46.6 Å². The van der Waals surface area contributed by atoms with Crippen molar-refractivity contribution in [2.24, 2.45) is 7.05 Å². The molecule has 0 amide bonds. The van der Waals surface area contributed by atoms with Crippen molar-refractivity contribution >= 4 is 16.7 Å². The molecule has 3 nitrogen and oxygen atoms in total. The first kappa shape index (κ1) is 10.0. The van der Waals surface area contributed by atoms with Crippen LogP contribution in [-0.4, -0.2) is 23.1 Å². The fourth-order valence-corrected chi connectivity index (χ4v) is 1.73. The Balaban J connectivity index is 2.57. The maximum atomic E-state index is 4.53. The van der Waals surface area contributed by atoms with Gasteiger partial charge >= 0.3 is 0 Å². The molecule has 0 aliphatic heterocycles. The Kier molecular flexibility index (Phi) is 2.39. The van der Waals surface area contributed by atoms with Crippen molar-refractivity contribution in [3.8, 4) is 0 Å². The number of fused-ring (bicyclic) bond motifs is 1. The zero-order valence-electron chi connectivity index (χ0n) is 9.78. The molecule has 1 aromatic heterocycles. The Morgan fingerprint density at radius 3 is 2.80 bits per heavy atom. The summed E-state index contributed by atoms with van der Waals surface area (Å²) in [5, 5.41) is 0. The Labute approximate surface area is 90.3 Å². The van der Waals surface area contributed by atoms with Gasteiger partial charge in [-0.2, -0.15) is 0 Å². The van der Waals surface area contributed by atoms with Crippen LogP contribution < -0.4 is 4.90 Å². The summed E-state index contributed by atoms with van der Waals surface area (Å²) in [7, 11) is 4.14. The molecule has 2 aromatic rings. The predicted octanol–water partition coefficient (Wildman–Crippen LogP) is 2.34. The molecule has 0 aliphatic carbocycles. The standard InChI is InChI=1S/C12H17N3/c1-5-14(3)10-6-7-12-11(8-10)13-9(2)15(12)4/h6-8H,5H2,1-4H3. The summed E-state index contributed by atoms with van der Waals surface area (Å²) in [5.41, 5.74) is 3.50. The van der Waals surface area contributed by atoms with Crippen LogP contribution >= 0.6 is 0 Å². The average Bonchev–Trinajstić information content (AvgIpc) is 2.53. The van der Waals surface area contributed by atoms with Gasteiger partial charge in [0.2, 0.25) is 0 Å². The first-order chi connectivity index (χ1) is 7.13. The van der Waals surface area contributed by atoms with Crippen LogP contribution in [0.1, 0.15) is 12.7 Å². The van der Waals surface area contributed by atoms with Gasteiger partial charge < -0.3 is 9.47 Å². The molecule has 0 fully saturated rings. The molecular formula is C12H17N3. The van der Waals surface area contributed by atoms with Gasteiger partial charge in [0.05, 0.1) is 11.0 Å². The van der Waals surface area contributed by atoms with Crippen molar-refractivity contribution in [3.05, 3.63) is 24.0 Å². The number of aryl methyl sites for hydroxylation is 2. The fraction of sp³-hybridized carbons (Fsp3) is 0.417. The third-order valence-corrected chi connectivity index (χ3v) is 3.00. The van der Waals surface area contributed by atoms with Crippen LogP contribution in [-0.2, 0) is 7.05 Å². The number of nitrogens with zero attached hydrogens (tertiary/aromatic N) is 3. The Morgan fingerprint density at radius 1 is 1.40 bits per heavy atom. The predicted molar refractivity (Wildman–Crippen MR) is 64.4 cm³/mol. The van der Waals surface area contributed by atoms with E-state index in [9.17, 15) is 0 Å². The number of aromatic nitrogens is 2. The van der Waals surface area contributed by atoms with Gasteiger partial charge in [0.1, 0.15) is 5.82 Å². The molecule has 2 rings (SSSR count). The van der Waals surface area contributed by atoms with E-state index in [4.69, 9.17) is 0 Å². The number of imidazole rings is 1. The number of benzene rings is 1. The molecule has 0 saturated heterocycles. The summed E-state index contributed by atoms with van der Waals surface area (Å²) in [4.78, 5) is 6.74. The SMILES string of the molecule is CCN(C)c1ccc2c(c1)nc(C)n2C. The maximum absolute atomic E-state index is 4.53. The third-order valence-electron chi connectivity index (χ3n) is 3.00. The van der Waals surface area contributed by atoms with Gasteiger partial charge in [0.15, 0.2) is 0 Å². The highest BCUT2D eigenvalue weighted by Crippen LogP contribution is 2.21. The molecule has 15 heavy (non-hydrogen) atoms. The van der Waals surface area contributed by atoms with Gasteiger partial charge in [-0.1, -0.05) is 0 Å². The van der Waals surface area contributed by atoms with Crippen LogP contribution in [0.25, 0.3) is 11.0 Å². The number of hydrogen-bond acceptors (Lipinski definition) is 2. The van der Waals surface area contributed by atoms with Gasteiger partial charge in [-0.15, -0.1) is 0 Å². The molecule has 0 N–H and O–H groups in total. The summed E-state index contributed by atoms with van der Waals surface area (Å²) >= 11 is 0. The third kappa shape index (κ3) is 1.58. The zero-order valence-corrected chi connectivity index (χ0v) is 9.78. The molecule has 0 bridgehead atoms. The quantitative estimate of drug-likeness (QED) is 0.747. The smallest absolute Gasteiger partial charge is 0.106 e. The monoisotopic (exact) mass is 203 g/mol. The van der Waals surface area contributed by atoms with E-state index in [1.807, 2.05) is 14.0 Å². The second-order valence-corrected chi connectivity index (χ2v) is 3.91. The van der Waals surface area contributed by atoms with Gasteiger partial charge in [-0.05, 0) is 32.0 Å². The van der Waals surface area contributed by atoms with E-state index in [-0.39, 0.29) is 0 Å². The molecule has 0 atom stereocenters. The second-order valence-electron chi connectivity index (χ2n) is 3.91. The maximum Gasteiger partial charge on any atom is 0.106 e. The van der Waals surface area contributed by atoms with Crippen molar-refractivity contribution in [2.45, 2.75) is 13.8 Å². The molecule has 0 aliphatic rings. The molecule has 0 saturated carbocycles. The molecule has 3 heteroatoms. The largest absolute Gasteiger partial charge is 0.375 e. The highest BCUT2D eigenvalue weighted by molar-refractivity contribution is 5.80. The van der Waals surface area contributed by atoms with Crippen molar-refractivity contribution in [2.75, 3.05) is 18.5 Å². The summed E-state index contributed by atoms with van der Waals surface area (Å²) in [5.74, 6) is 1.06. The average molecular weight is 203 g/mol. The van der Waals surface area contributed by atoms with Gasteiger partial charge in [-0.3, -0.25) is 0 Å². The lowest BCUT2D eigenvalue weighted by atomic mass is 10.2. The number of rotatable bonds is 2. The van der Waals surface area contributed by atoms with Gasteiger partial charge in [-0.25, -0.2) is 4.98 Å². The number of hydrogen-bond donors (Lipinski definition) is 0. The van der Waals surface area contributed by atoms with E-state index >= 15 is 0 Å². The molecule has 80 valence electrons. The minimum atomic E-state index is 1.01. The normalized spacial score (nSPS) is 10.9. The molecular weight excluding hydrogens is 186 g/mol. The van der Waals surface area contributed by atoms with Gasteiger partial charge in [0, 0.05) is 26.3 Å². The van der Waals surface area contributed by atoms with Gasteiger partial charge in [0.25, 0.3) is 0 Å². The lowest BCUT2D eigenvalue weighted by Gasteiger charge is -2.16. The van der Waals surface area contributed by atoms with Crippen LogP contribution in [0, 0.1) is 6.92 Å². The van der Waals surface area contributed by atoms with E-state index in [1.54, 1.807) is 0 Å². The van der Waals surface area contributed by atoms with Crippen LogP contribution in [0.5, 0.6) is 0 Å². The molecule has 0 unspecified atom stereocenters. The molecule has 1 heterocycles. The van der Waals surface area contributed by atoms with E-state index in [0.29, 0.717) is 0 Å². The topological polar surface area (TPSA) is 21.1 Å². The Bertz CT molecular complexity index is 485. The van der Waals surface area contributed by atoms with Crippen molar-refractivity contribution in [1.29, 1.82) is 0 Å². The Morgan fingerprint density at radius 2 is 2.13 bits per heavy atom. The summed E-state index contributed by atoms with van der Waals surface area (Å²) < 4.78 is 2.12. The zero-order chi connectivity index (χ0) is 11.0. The second kappa shape index (κ2) is 3.57. The summed E-state index contributed by atoms with van der Waals surface area (Å²) in [6, 6.07) is 6.43. The van der Waals surface area contributed by atoms with Crippen LogP contribution in [0.4, 0.5) is 5.69 Å². The Hall–Kier alpha value is -1.51.